The Balaban J connectivity index is 1.15. The molecule has 0 aliphatic carbocycles. The maximum Gasteiger partial charge on any atom is 0.235 e. The molecule has 0 saturated heterocycles. The second-order valence-corrected chi connectivity index (χ2v) is 16.9. The molecule has 0 saturated carbocycles. The number of nitrogens with zero attached hydrogens (tertiary/aromatic N) is 5. The van der Waals surface area contributed by atoms with Crippen LogP contribution < -0.4 is 0 Å². The van der Waals surface area contributed by atoms with Crippen LogP contribution in [-0.4, -0.2) is 23.5 Å². The summed E-state index contributed by atoms with van der Waals surface area (Å²) in [7, 11) is 0. The van der Waals surface area contributed by atoms with Gasteiger partial charge < -0.3 is 8.97 Å². The minimum absolute atomic E-state index is 0.648. The van der Waals surface area contributed by atoms with Gasteiger partial charge in [0.1, 0.15) is 0 Å². The van der Waals surface area contributed by atoms with E-state index in [4.69, 9.17) is 9.97 Å². The second-order valence-electron chi connectivity index (χ2n) is 16.9. The van der Waals surface area contributed by atoms with Gasteiger partial charge in [-0.1, -0.05) is 152 Å². The minimum Gasteiger partial charge on any atom is -0.309 e. The van der Waals surface area contributed by atoms with Gasteiger partial charge in [0.05, 0.1) is 49.8 Å². The zero-order chi connectivity index (χ0) is 40.9. The summed E-state index contributed by atoms with van der Waals surface area (Å²) in [6.45, 7) is 0. The number of benzene rings is 10. The first-order chi connectivity index (χ1) is 31.3. The molecule has 0 bridgehead atoms. The average Bonchev–Trinajstić information content (AvgIpc) is 4.08. The Bertz CT molecular complexity index is 4440. The third-order valence-corrected chi connectivity index (χ3v) is 13.7. The monoisotopic (exact) mass is 799 g/mol. The van der Waals surface area contributed by atoms with Crippen LogP contribution in [0.5, 0.6) is 0 Å². The van der Waals surface area contributed by atoms with Gasteiger partial charge in [0.15, 0.2) is 0 Å². The highest BCUT2D eigenvalue weighted by Gasteiger charge is 2.28. The number of para-hydroxylation sites is 4. The molecule has 0 fully saturated rings. The van der Waals surface area contributed by atoms with Gasteiger partial charge in [0.2, 0.25) is 5.95 Å². The number of rotatable bonds is 3. The molecule has 0 N–H and O–H groups in total. The van der Waals surface area contributed by atoms with Crippen molar-refractivity contribution in [3.05, 3.63) is 200 Å². The van der Waals surface area contributed by atoms with Crippen molar-refractivity contribution >= 4 is 114 Å². The lowest BCUT2D eigenvalue weighted by molar-refractivity contribution is 1.02. The third kappa shape index (κ3) is 4.25. The van der Waals surface area contributed by atoms with Gasteiger partial charge >= 0.3 is 0 Å². The van der Waals surface area contributed by atoms with Crippen molar-refractivity contribution in [2.75, 3.05) is 0 Å². The quantitative estimate of drug-likeness (QED) is 0.179. The van der Waals surface area contributed by atoms with Crippen molar-refractivity contribution in [3.63, 3.8) is 0 Å². The minimum atomic E-state index is 0.648. The van der Waals surface area contributed by atoms with Crippen molar-refractivity contribution in [3.8, 4) is 22.9 Å². The molecule has 15 aromatic rings. The molecule has 63 heavy (non-hydrogen) atoms. The average molecular weight is 800 g/mol. The van der Waals surface area contributed by atoms with Crippen molar-refractivity contribution in [1.29, 1.82) is 0 Å². The molecule has 0 aliphatic heterocycles. The van der Waals surface area contributed by atoms with Crippen LogP contribution >= 0.6 is 0 Å². The highest BCUT2D eigenvalue weighted by Crippen LogP contribution is 2.49. The lowest BCUT2D eigenvalue weighted by Gasteiger charge is -2.13. The van der Waals surface area contributed by atoms with E-state index in [9.17, 15) is 0 Å². The predicted molar refractivity (Wildman–Crippen MR) is 263 cm³/mol. The Kier molecular flexibility index (Phi) is 6.36. The lowest BCUT2D eigenvalue weighted by Crippen LogP contribution is -2.04. The lowest BCUT2D eigenvalue weighted by atomic mass is 9.99. The first-order valence-corrected chi connectivity index (χ1v) is 21.6. The summed E-state index contributed by atoms with van der Waals surface area (Å²) in [6, 6.07) is 72.6. The van der Waals surface area contributed by atoms with Gasteiger partial charge in [-0.2, -0.15) is 0 Å². The Morgan fingerprint density at radius 1 is 0.317 bits per heavy atom. The Hall–Kier alpha value is -8.54. The number of fused-ring (bicyclic) bond motifs is 18. The van der Waals surface area contributed by atoms with E-state index in [-0.39, 0.29) is 0 Å². The maximum atomic E-state index is 5.79. The summed E-state index contributed by atoms with van der Waals surface area (Å²) in [6.07, 6.45) is 0. The zero-order valence-corrected chi connectivity index (χ0v) is 33.8. The smallest absolute Gasteiger partial charge is 0.235 e. The molecule has 0 spiro atoms. The number of hydrogen-bond donors (Lipinski definition) is 0. The molecule has 0 aliphatic rings. The van der Waals surface area contributed by atoms with Gasteiger partial charge in [0.25, 0.3) is 0 Å². The van der Waals surface area contributed by atoms with E-state index in [0.29, 0.717) is 5.95 Å². The standard InChI is InChI=1S/C58H33N5/c1-2-17-36(18-3-1)61-48-27-13-10-23-41(48)52-42(24-14-28-49(52)61)54-40-22-8-11-25-46(40)59-58(60-54)63-50-32-30-34-15-4-6-19-37(34)51(50)45-33-44-39-21-9-12-26-47(39)62-55-38-20-7-5-16-35(38)29-31-43(55)53(56(44)62)57(45)63/h1-33H. The van der Waals surface area contributed by atoms with E-state index in [2.05, 4.69) is 214 Å². The van der Waals surface area contributed by atoms with Crippen LogP contribution in [0.3, 0.4) is 0 Å². The van der Waals surface area contributed by atoms with E-state index in [1.54, 1.807) is 0 Å². The fourth-order valence-corrected chi connectivity index (χ4v) is 11.2. The number of hydrogen-bond acceptors (Lipinski definition) is 2. The van der Waals surface area contributed by atoms with E-state index in [0.717, 1.165) is 49.9 Å². The van der Waals surface area contributed by atoms with Crippen LogP contribution in [0, 0.1) is 0 Å². The molecule has 10 aromatic carbocycles. The molecule has 0 atom stereocenters. The highest BCUT2D eigenvalue weighted by molar-refractivity contribution is 6.37. The fourth-order valence-electron chi connectivity index (χ4n) is 11.2. The first kappa shape index (κ1) is 33.2. The Labute approximate surface area is 359 Å². The maximum absolute atomic E-state index is 5.79. The fraction of sp³-hybridized carbons (Fsp3) is 0. The largest absolute Gasteiger partial charge is 0.309 e. The van der Waals surface area contributed by atoms with Gasteiger partial charge in [0, 0.05) is 65.1 Å². The summed E-state index contributed by atoms with van der Waals surface area (Å²) in [5.74, 6) is 0.648. The normalized spacial score (nSPS) is 12.4. The number of aromatic nitrogens is 5. The van der Waals surface area contributed by atoms with E-state index < -0.39 is 0 Å². The predicted octanol–water partition coefficient (Wildman–Crippen LogP) is 14.9. The van der Waals surface area contributed by atoms with Crippen LogP contribution in [0.1, 0.15) is 0 Å². The van der Waals surface area contributed by atoms with Crippen LogP contribution in [0.25, 0.3) is 137 Å². The molecule has 5 aromatic heterocycles. The molecule has 5 heteroatoms. The SMILES string of the molecule is c1ccc(-n2c3ccccc3c3c(-c4nc(-n5c6ccc7ccccc7c6c6cc7c8ccccc8n8c9c%10ccccc%10ccc9c(c65)c78)nc5ccccc45)cccc32)cc1. The van der Waals surface area contributed by atoms with Gasteiger partial charge in [-0.15, -0.1) is 0 Å². The topological polar surface area (TPSA) is 40.0 Å². The van der Waals surface area contributed by atoms with E-state index >= 15 is 0 Å². The van der Waals surface area contributed by atoms with Gasteiger partial charge in [-0.25, -0.2) is 9.97 Å². The summed E-state index contributed by atoms with van der Waals surface area (Å²) in [5, 5.41) is 15.6. The Morgan fingerprint density at radius 2 is 0.968 bits per heavy atom. The van der Waals surface area contributed by atoms with Crippen molar-refractivity contribution < 1.29 is 0 Å². The summed E-state index contributed by atoms with van der Waals surface area (Å²) in [4.78, 5) is 11.3. The summed E-state index contributed by atoms with van der Waals surface area (Å²) < 4.78 is 7.28. The summed E-state index contributed by atoms with van der Waals surface area (Å²) >= 11 is 0. The molecule has 0 radical (unpaired) electrons. The molecule has 5 heterocycles. The molecule has 5 nitrogen and oxygen atoms in total. The highest BCUT2D eigenvalue weighted by atomic mass is 15.2. The van der Waals surface area contributed by atoms with Crippen LogP contribution in [0.4, 0.5) is 0 Å². The Morgan fingerprint density at radius 3 is 1.83 bits per heavy atom. The molecule has 15 rings (SSSR count). The summed E-state index contributed by atoms with van der Waals surface area (Å²) in [5.41, 5.74) is 12.2. The molecular weight excluding hydrogens is 767 g/mol. The molecule has 0 unspecified atom stereocenters. The van der Waals surface area contributed by atoms with Crippen molar-refractivity contribution in [1.82, 2.24) is 23.5 Å². The van der Waals surface area contributed by atoms with Crippen molar-refractivity contribution in [2.24, 2.45) is 0 Å². The third-order valence-electron chi connectivity index (χ3n) is 13.7. The van der Waals surface area contributed by atoms with Crippen LogP contribution in [0.2, 0.25) is 0 Å². The van der Waals surface area contributed by atoms with Gasteiger partial charge in [-0.3, -0.25) is 4.57 Å². The second kappa shape index (κ2) is 12.1. The molecule has 290 valence electrons. The van der Waals surface area contributed by atoms with Gasteiger partial charge in [-0.05, 0) is 64.7 Å². The van der Waals surface area contributed by atoms with E-state index in [1.807, 2.05) is 0 Å². The zero-order valence-electron chi connectivity index (χ0n) is 33.8. The molecular formula is C58H33N5. The van der Waals surface area contributed by atoms with Crippen molar-refractivity contribution in [2.45, 2.75) is 0 Å². The van der Waals surface area contributed by atoms with Crippen LogP contribution in [0.15, 0.2) is 200 Å². The molecule has 0 amide bonds. The van der Waals surface area contributed by atoms with E-state index in [1.165, 1.54) is 81.2 Å². The van der Waals surface area contributed by atoms with Crippen LogP contribution in [-0.2, 0) is 0 Å². The first-order valence-electron chi connectivity index (χ1n) is 21.6.